The van der Waals surface area contributed by atoms with Crippen molar-refractivity contribution in [3.05, 3.63) is 54.2 Å². The average molecular weight is 524 g/mol. The standard InChI is InChI=1S/C26H27F2N7O3/c1-14-7-21(31-15(2)30-14)32-22-10-18-8-16(5-6-35(18)34-22)19-11-24(38-25(27)28)29-12-20(19)37-13-17-9-23(36)33-26(17,3)4/h5-8,10-12,17,25H,9,13H2,1-4H3,(H,33,36)(H,30,31,32,34)/t17-/m0/s1. The Balaban J connectivity index is 1.45. The molecule has 1 aliphatic heterocycles. The summed E-state index contributed by atoms with van der Waals surface area (Å²) >= 11 is 0. The highest BCUT2D eigenvalue weighted by Gasteiger charge is 2.39. The number of hydrogen-bond acceptors (Lipinski definition) is 8. The summed E-state index contributed by atoms with van der Waals surface area (Å²) in [6.45, 7) is 4.81. The molecular weight excluding hydrogens is 496 g/mol. The first kappa shape index (κ1) is 25.3. The number of anilines is 2. The van der Waals surface area contributed by atoms with Crippen LogP contribution >= 0.6 is 0 Å². The third kappa shape index (κ3) is 5.48. The smallest absolute Gasteiger partial charge is 0.388 e. The number of carbonyl (C=O) groups is 1. The van der Waals surface area contributed by atoms with Crippen LogP contribution in [-0.4, -0.2) is 49.2 Å². The molecule has 0 bridgehead atoms. The van der Waals surface area contributed by atoms with E-state index in [-0.39, 0.29) is 24.3 Å². The quantitative estimate of drug-likeness (QED) is 0.348. The van der Waals surface area contributed by atoms with Crippen LogP contribution < -0.4 is 20.1 Å². The third-order valence-corrected chi connectivity index (χ3v) is 6.40. The molecule has 1 fully saturated rings. The molecule has 0 aromatic carbocycles. The number of ether oxygens (including phenoxy) is 2. The Morgan fingerprint density at radius 1 is 1.18 bits per heavy atom. The molecule has 12 heteroatoms. The van der Waals surface area contributed by atoms with Gasteiger partial charge in [0.05, 0.1) is 18.3 Å². The zero-order chi connectivity index (χ0) is 27.0. The first-order chi connectivity index (χ1) is 18.1. The highest BCUT2D eigenvalue weighted by molar-refractivity contribution is 5.80. The van der Waals surface area contributed by atoms with E-state index in [2.05, 4.69) is 35.4 Å². The van der Waals surface area contributed by atoms with Gasteiger partial charge in [-0.3, -0.25) is 4.79 Å². The van der Waals surface area contributed by atoms with Crippen LogP contribution in [0, 0.1) is 19.8 Å². The van der Waals surface area contributed by atoms with Crippen LogP contribution in [0.25, 0.3) is 16.6 Å². The van der Waals surface area contributed by atoms with Crippen LogP contribution in [0.5, 0.6) is 11.6 Å². The van der Waals surface area contributed by atoms with Gasteiger partial charge in [-0.25, -0.2) is 19.5 Å². The number of pyridine rings is 2. The van der Waals surface area contributed by atoms with E-state index in [4.69, 9.17) is 4.74 Å². The molecule has 198 valence electrons. The molecule has 2 N–H and O–H groups in total. The number of nitrogens with one attached hydrogen (secondary N) is 2. The number of hydrogen-bond donors (Lipinski definition) is 2. The summed E-state index contributed by atoms with van der Waals surface area (Å²) in [6, 6.07) is 8.73. The summed E-state index contributed by atoms with van der Waals surface area (Å²) in [5.41, 5.74) is 2.36. The van der Waals surface area contributed by atoms with Crippen molar-refractivity contribution >= 4 is 23.1 Å². The Morgan fingerprint density at radius 2 is 2.00 bits per heavy atom. The highest BCUT2D eigenvalue weighted by Crippen LogP contribution is 2.35. The lowest BCUT2D eigenvalue weighted by atomic mass is 9.90. The van der Waals surface area contributed by atoms with E-state index in [1.54, 1.807) is 16.8 Å². The lowest BCUT2D eigenvalue weighted by Crippen LogP contribution is -2.41. The maximum absolute atomic E-state index is 12.9. The summed E-state index contributed by atoms with van der Waals surface area (Å²) in [5, 5.41) is 10.7. The number of carbonyl (C=O) groups excluding carboxylic acids is 1. The summed E-state index contributed by atoms with van der Waals surface area (Å²) in [6.07, 6.45) is 3.45. The number of alkyl halides is 2. The van der Waals surface area contributed by atoms with E-state index in [9.17, 15) is 13.6 Å². The van der Waals surface area contributed by atoms with Gasteiger partial charge in [0.25, 0.3) is 0 Å². The summed E-state index contributed by atoms with van der Waals surface area (Å²) in [5.74, 6) is 1.90. The first-order valence-corrected chi connectivity index (χ1v) is 12.0. The second-order valence-electron chi connectivity index (χ2n) is 9.76. The van der Waals surface area contributed by atoms with Crippen LogP contribution in [0.15, 0.2) is 42.7 Å². The zero-order valence-corrected chi connectivity index (χ0v) is 21.3. The molecule has 5 heterocycles. The predicted octanol–water partition coefficient (Wildman–Crippen LogP) is 4.44. The highest BCUT2D eigenvalue weighted by atomic mass is 19.3. The molecule has 1 amide bonds. The first-order valence-electron chi connectivity index (χ1n) is 12.0. The molecule has 10 nitrogen and oxygen atoms in total. The van der Waals surface area contributed by atoms with Crippen molar-refractivity contribution in [1.82, 2.24) is 29.9 Å². The van der Waals surface area contributed by atoms with Gasteiger partial charge in [-0.05, 0) is 45.4 Å². The van der Waals surface area contributed by atoms with E-state index >= 15 is 0 Å². The van der Waals surface area contributed by atoms with Gasteiger partial charge in [0.1, 0.15) is 17.4 Å². The van der Waals surface area contributed by atoms with Crippen molar-refractivity contribution < 1.29 is 23.0 Å². The van der Waals surface area contributed by atoms with Gasteiger partial charge in [-0.2, -0.15) is 13.9 Å². The van der Waals surface area contributed by atoms with Gasteiger partial charge in [-0.1, -0.05) is 0 Å². The monoisotopic (exact) mass is 523 g/mol. The number of halogens is 2. The van der Waals surface area contributed by atoms with Crippen molar-refractivity contribution in [3.8, 4) is 22.8 Å². The summed E-state index contributed by atoms with van der Waals surface area (Å²) < 4.78 is 38.1. The van der Waals surface area contributed by atoms with Crippen molar-refractivity contribution in [2.24, 2.45) is 5.92 Å². The van der Waals surface area contributed by atoms with Gasteiger partial charge in [0.2, 0.25) is 11.8 Å². The van der Waals surface area contributed by atoms with E-state index in [0.717, 1.165) is 11.2 Å². The molecule has 1 atom stereocenters. The SMILES string of the molecule is Cc1cc(Nc2cc3cc(-c4cc(OC(F)F)ncc4OC[C@@H]4CC(=O)NC4(C)C)ccn3n2)nc(C)n1. The van der Waals surface area contributed by atoms with Crippen molar-refractivity contribution in [3.63, 3.8) is 0 Å². The molecule has 38 heavy (non-hydrogen) atoms. The molecule has 1 saturated heterocycles. The van der Waals surface area contributed by atoms with Gasteiger partial charge in [-0.15, -0.1) is 0 Å². The minimum atomic E-state index is -3.02. The molecule has 4 aromatic heterocycles. The Morgan fingerprint density at radius 3 is 2.71 bits per heavy atom. The molecule has 0 spiro atoms. The fraction of sp³-hybridized carbons (Fsp3) is 0.346. The van der Waals surface area contributed by atoms with E-state index in [1.807, 2.05) is 45.9 Å². The van der Waals surface area contributed by atoms with Crippen molar-refractivity contribution in [2.75, 3.05) is 11.9 Å². The third-order valence-electron chi connectivity index (χ3n) is 6.40. The molecule has 5 rings (SSSR count). The average Bonchev–Trinajstić information content (AvgIpc) is 3.33. The Kier molecular flexibility index (Phi) is 6.55. The van der Waals surface area contributed by atoms with E-state index in [1.165, 1.54) is 12.3 Å². The van der Waals surface area contributed by atoms with Crippen molar-refractivity contribution in [2.45, 2.75) is 46.3 Å². The topological polar surface area (TPSA) is 116 Å². The van der Waals surface area contributed by atoms with Gasteiger partial charge in [0, 0.05) is 53.5 Å². The predicted molar refractivity (Wildman–Crippen MR) is 136 cm³/mol. The summed E-state index contributed by atoms with van der Waals surface area (Å²) in [4.78, 5) is 24.5. The van der Waals surface area contributed by atoms with Crippen LogP contribution in [0.4, 0.5) is 20.4 Å². The number of amides is 1. The fourth-order valence-corrected chi connectivity index (χ4v) is 4.50. The molecule has 0 unspecified atom stereocenters. The molecule has 4 aromatic rings. The fourth-order valence-electron chi connectivity index (χ4n) is 4.50. The van der Waals surface area contributed by atoms with E-state index < -0.39 is 12.2 Å². The number of rotatable bonds is 8. The van der Waals surface area contributed by atoms with Crippen LogP contribution in [0.3, 0.4) is 0 Å². The van der Waals surface area contributed by atoms with Gasteiger partial charge < -0.3 is 20.1 Å². The zero-order valence-electron chi connectivity index (χ0n) is 21.3. The van der Waals surface area contributed by atoms with Crippen LogP contribution in [-0.2, 0) is 4.79 Å². The largest absolute Gasteiger partial charge is 0.491 e. The summed E-state index contributed by atoms with van der Waals surface area (Å²) in [7, 11) is 0. The minimum Gasteiger partial charge on any atom is -0.491 e. The lowest BCUT2D eigenvalue weighted by Gasteiger charge is -2.26. The molecular formula is C26H27F2N7O3. The van der Waals surface area contributed by atoms with E-state index in [0.29, 0.717) is 40.8 Å². The Hall–Kier alpha value is -4.35. The second-order valence-corrected chi connectivity index (χ2v) is 9.76. The van der Waals surface area contributed by atoms with Gasteiger partial charge >= 0.3 is 6.61 Å². The Labute approximate surface area is 217 Å². The number of aryl methyl sites for hydroxylation is 2. The van der Waals surface area contributed by atoms with Crippen molar-refractivity contribution in [1.29, 1.82) is 0 Å². The molecule has 1 aliphatic rings. The van der Waals surface area contributed by atoms with Crippen LogP contribution in [0.2, 0.25) is 0 Å². The Bertz CT molecular complexity index is 1490. The number of fused-ring (bicyclic) bond motifs is 1. The maximum atomic E-state index is 12.9. The molecule has 0 radical (unpaired) electrons. The minimum absolute atomic E-state index is 0.0366. The molecule has 0 aliphatic carbocycles. The number of nitrogens with zero attached hydrogens (tertiary/aromatic N) is 5. The second kappa shape index (κ2) is 9.84. The normalized spacial score (nSPS) is 16.6. The molecule has 0 saturated carbocycles. The lowest BCUT2D eigenvalue weighted by molar-refractivity contribution is -0.119. The number of aromatic nitrogens is 5. The maximum Gasteiger partial charge on any atom is 0.388 e. The van der Waals surface area contributed by atoms with Gasteiger partial charge in [0.15, 0.2) is 5.82 Å². The van der Waals surface area contributed by atoms with Crippen LogP contribution in [0.1, 0.15) is 31.8 Å².